The van der Waals surface area contributed by atoms with Crippen molar-refractivity contribution in [3.63, 3.8) is 0 Å². The molecule has 0 radical (unpaired) electrons. The predicted octanol–water partition coefficient (Wildman–Crippen LogP) is 4.75. The van der Waals surface area contributed by atoms with E-state index in [0.717, 1.165) is 19.3 Å². The number of ketones is 1. The SMILES string of the molecule is CC(C)(C)C1CCC(CC(=O)CCC(F)(F)F)C1. The van der Waals surface area contributed by atoms with Crippen LogP contribution in [-0.4, -0.2) is 12.0 Å². The van der Waals surface area contributed by atoms with Crippen molar-refractivity contribution in [2.75, 3.05) is 0 Å². The number of rotatable bonds is 4. The Labute approximate surface area is 107 Å². The minimum atomic E-state index is -4.21. The fourth-order valence-corrected chi connectivity index (χ4v) is 2.75. The highest BCUT2D eigenvalue weighted by molar-refractivity contribution is 5.78. The van der Waals surface area contributed by atoms with Crippen LogP contribution in [0.4, 0.5) is 13.2 Å². The van der Waals surface area contributed by atoms with E-state index in [9.17, 15) is 18.0 Å². The summed E-state index contributed by atoms with van der Waals surface area (Å²) >= 11 is 0. The third-order valence-corrected chi connectivity index (χ3v) is 3.97. The lowest BCUT2D eigenvalue weighted by Crippen LogP contribution is -2.18. The van der Waals surface area contributed by atoms with E-state index < -0.39 is 12.6 Å². The molecule has 0 heterocycles. The first kappa shape index (κ1) is 15.5. The molecule has 0 N–H and O–H groups in total. The number of carbonyl (C=O) groups excluding carboxylic acids is 1. The van der Waals surface area contributed by atoms with E-state index in [1.807, 2.05) is 0 Å². The number of Topliss-reactive ketones (excluding diaryl/α,β-unsaturated/α-hetero) is 1. The first-order valence-corrected chi connectivity index (χ1v) is 6.66. The topological polar surface area (TPSA) is 17.1 Å². The van der Waals surface area contributed by atoms with Gasteiger partial charge in [0.15, 0.2) is 0 Å². The van der Waals surface area contributed by atoms with Crippen molar-refractivity contribution in [2.24, 2.45) is 17.3 Å². The average molecular weight is 264 g/mol. The Morgan fingerprint density at radius 1 is 1.17 bits per heavy atom. The van der Waals surface area contributed by atoms with Gasteiger partial charge >= 0.3 is 6.18 Å². The Balaban J connectivity index is 2.31. The molecule has 18 heavy (non-hydrogen) atoms. The van der Waals surface area contributed by atoms with Crippen molar-refractivity contribution in [3.05, 3.63) is 0 Å². The summed E-state index contributed by atoms with van der Waals surface area (Å²) in [5.74, 6) is 0.666. The van der Waals surface area contributed by atoms with Crippen molar-refractivity contribution < 1.29 is 18.0 Å². The van der Waals surface area contributed by atoms with Crippen LogP contribution < -0.4 is 0 Å². The van der Waals surface area contributed by atoms with Gasteiger partial charge in [0.2, 0.25) is 0 Å². The minimum absolute atomic E-state index is 0.230. The van der Waals surface area contributed by atoms with Gasteiger partial charge in [-0.2, -0.15) is 13.2 Å². The van der Waals surface area contributed by atoms with E-state index >= 15 is 0 Å². The summed E-state index contributed by atoms with van der Waals surface area (Å²) in [6.45, 7) is 6.56. The summed E-state index contributed by atoms with van der Waals surface area (Å²) < 4.78 is 36.0. The van der Waals surface area contributed by atoms with E-state index in [1.54, 1.807) is 0 Å². The summed E-state index contributed by atoms with van der Waals surface area (Å²) in [6, 6.07) is 0. The molecule has 0 bridgehead atoms. The van der Waals surface area contributed by atoms with Crippen LogP contribution >= 0.6 is 0 Å². The van der Waals surface area contributed by atoms with Gasteiger partial charge in [-0.15, -0.1) is 0 Å². The fraction of sp³-hybridized carbons (Fsp3) is 0.929. The Kier molecular flexibility index (Phi) is 4.84. The predicted molar refractivity (Wildman–Crippen MR) is 65.2 cm³/mol. The van der Waals surface area contributed by atoms with Crippen molar-refractivity contribution in [1.29, 1.82) is 0 Å². The monoisotopic (exact) mass is 264 g/mol. The number of hydrogen-bond donors (Lipinski definition) is 0. The average Bonchev–Trinajstić information content (AvgIpc) is 2.61. The molecule has 0 saturated heterocycles. The van der Waals surface area contributed by atoms with Gasteiger partial charge < -0.3 is 0 Å². The van der Waals surface area contributed by atoms with Gasteiger partial charge in [-0.05, 0) is 36.5 Å². The lowest BCUT2D eigenvalue weighted by molar-refractivity contribution is -0.143. The number of carbonyl (C=O) groups is 1. The molecule has 1 saturated carbocycles. The van der Waals surface area contributed by atoms with E-state index in [0.29, 0.717) is 18.3 Å². The molecule has 0 aliphatic heterocycles. The van der Waals surface area contributed by atoms with E-state index in [-0.39, 0.29) is 17.6 Å². The second-order valence-electron chi connectivity index (χ2n) is 6.60. The Morgan fingerprint density at radius 2 is 1.78 bits per heavy atom. The second-order valence-corrected chi connectivity index (χ2v) is 6.60. The molecule has 2 unspecified atom stereocenters. The lowest BCUT2D eigenvalue weighted by atomic mass is 9.79. The van der Waals surface area contributed by atoms with Crippen LogP contribution in [0.3, 0.4) is 0 Å². The molecule has 1 nitrogen and oxygen atoms in total. The number of alkyl halides is 3. The quantitative estimate of drug-likeness (QED) is 0.716. The summed E-state index contributed by atoms with van der Waals surface area (Å²) in [6.07, 6.45) is -2.12. The summed E-state index contributed by atoms with van der Waals surface area (Å²) in [5, 5.41) is 0. The zero-order valence-corrected chi connectivity index (χ0v) is 11.4. The summed E-state index contributed by atoms with van der Waals surface area (Å²) in [7, 11) is 0. The van der Waals surface area contributed by atoms with Gasteiger partial charge in [0.05, 0.1) is 6.42 Å². The highest BCUT2D eigenvalue weighted by Gasteiger charge is 2.34. The fourth-order valence-electron chi connectivity index (χ4n) is 2.75. The third-order valence-electron chi connectivity index (χ3n) is 3.97. The normalized spacial score (nSPS) is 25.4. The van der Waals surface area contributed by atoms with Crippen molar-refractivity contribution in [2.45, 2.75) is 65.5 Å². The summed E-state index contributed by atoms with van der Waals surface area (Å²) in [4.78, 5) is 11.5. The van der Waals surface area contributed by atoms with E-state index in [1.165, 1.54) is 0 Å². The van der Waals surface area contributed by atoms with E-state index in [2.05, 4.69) is 20.8 Å². The molecule has 0 aromatic rings. The Morgan fingerprint density at radius 3 is 2.22 bits per heavy atom. The molecule has 0 aromatic carbocycles. The molecular formula is C14H23F3O. The van der Waals surface area contributed by atoms with Crippen LogP contribution in [0.15, 0.2) is 0 Å². The molecule has 4 heteroatoms. The highest BCUT2D eigenvalue weighted by atomic mass is 19.4. The molecule has 2 atom stereocenters. The Bertz CT molecular complexity index is 288. The van der Waals surface area contributed by atoms with Gasteiger partial charge in [-0.25, -0.2) is 0 Å². The molecule has 0 amide bonds. The molecule has 106 valence electrons. The van der Waals surface area contributed by atoms with Crippen LogP contribution in [-0.2, 0) is 4.79 Å². The van der Waals surface area contributed by atoms with Crippen LogP contribution in [0, 0.1) is 17.3 Å². The van der Waals surface area contributed by atoms with Gasteiger partial charge in [0.1, 0.15) is 5.78 Å². The lowest BCUT2D eigenvalue weighted by Gasteiger charge is -2.26. The van der Waals surface area contributed by atoms with Crippen LogP contribution in [0.1, 0.15) is 59.3 Å². The first-order valence-electron chi connectivity index (χ1n) is 6.66. The molecule has 1 fully saturated rings. The van der Waals surface area contributed by atoms with Crippen molar-refractivity contribution >= 4 is 5.78 Å². The second kappa shape index (κ2) is 5.62. The standard InChI is InChI=1S/C14H23F3O/c1-13(2,3)11-5-4-10(8-11)9-12(18)6-7-14(15,16)17/h10-11H,4-9H2,1-3H3. The van der Waals surface area contributed by atoms with Crippen molar-refractivity contribution in [3.8, 4) is 0 Å². The van der Waals surface area contributed by atoms with Gasteiger partial charge in [-0.1, -0.05) is 20.8 Å². The van der Waals surface area contributed by atoms with Gasteiger partial charge in [0.25, 0.3) is 0 Å². The largest absolute Gasteiger partial charge is 0.389 e. The molecule has 0 spiro atoms. The number of halogens is 3. The zero-order chi connectivity index (χ0) is 14.0. The van der Waals surface area contributed by atoms with Gasteiger partial charge in [0, 0.05) is 12.8 Å². The van der Waals surface area contributed by atoms with Crippen LogP contribution in [0.5, 0.6) is 0 Å². The maximum absolute atomic E-state index is 12.0. The summed E-state index contributed by atoms with van der Waals surface area (Å²) in [5.41, 5.74) is 0.240. The molecule has 1 aliphatic carbocycles. The third kappa shape index (κ3) is 5.40. The molecule has 1 aliphatic rings. The number of hydrogen-bond acceptors (Lipinski definition) is 1. The molecular weight excluding hydrogens is 241 g/mol. The highest BCUT2D eigenvalue weighted by Crippen LogP contribution is 2.43. The van der Waals surface area contributed by atoms with Crippen LogP contribution in [0.25, 0.3) is 0 Å². The van der Waals surface area contributed by atoms with Gasteiger partial charge in [-0.3, -0.25) is 4.79 Å². The van der Waals surface area contributed by atoms with E-state index in [4.69, 9.17) is 0 Å². The zero-order valence-electron chi connectivity index (χ0n) is 11.4. The van der Waals surface area contributed by atoms with Crippen molar-refractivity contribution in [1.82, 2.24) is 0 Å². The Hall–Kier alpha value is -0.540. The van der Waals surface area contributed by atoms with Crippen LogP contribution in [0.2, 0.25) is 0 Å². The smallest absolute Gasteiger partial charge is 0.300 e. The molecule has 0 aromatic heterocycles. The first-order chi connectivity index (χ1) is 8.08. The minimum Gasteiger partial charge on any atom is -0.300 e. The maximum Gasteiger partial charge on any atom is 0.389 e. The maximum atomic E-state index is 12.0. The molecule has 1 rings (SSSR count).